The first-order valence-corrected chi connectivity index (χ1v) is 5.68. The molecule has 1 saturated heterocycles. The predicted octanol–water partition coefficient (Wildman–Crippen LogP) is 1.57. The van der Waals surface area contributed by atoms with Crippen molar-refractivity contribution in [3.8, 4) is 0 Å². The third-order valence-electron chi connectivity index (χ3n) is 3.14. The lowest BCUT2D eigenvalue weighted by molar-refractivity contribution is -0.158. The number of Topliss-reactive ketones (excluding diaryl/α,β-unsaturated/α-hetero) is 1. The molecular weight excluding hydrogens is 208 g/mol. The van der Waals surface area contributed by atoms with Gasteiger partial charge in [-0.05, 0) is 25.7 Å². The minimum Gasteiger partial charge on any atom is -0.468 e. The second kappa shape index (κ2) is 4.95. The molecule has 1 rings (SSSR count). The zero-order chi connectivity index (χ0) is 12.3. The molecule has 1 aliphatic rings. The highest BCUT2D eigenvalue weighted by Gasteiger charge is 2.45. The summed E-state index contributed by atoms with van der Waals surface area (Å²) in [6, 6.07) is 0. The Bertz CT molecular complexity index is 277. The lowest BCUT2D eigenvalue weighted by atomic mass is 9.82. The molecule has 0 saturated carbocycles. The smallest absolute Gasteiger partial charge is 0.316 e. The normalized spacial score (nSPS) is 26.8. The van der Waals surface area contributed by atoms with Crippen molar-refractivity contribution in [1.29, 1.82) is 0 Å². The van der Waals surface area contributed by atoms with E-state index in [0.717, 1.165) is 6.42 Å². The molecule has 92 valence electrons. The molecule has 0 amide bonds. The van der Waals surface area contributed by atoms with Gasteiger partial charge in [0.25, 0.3) is 0 Å². The minimum atomic E-state index is -0.802. The van der Waals surface area contributed by atoms with Gasteiger partial charge in [0.2, 0.25) is 0 Å². The molecule has 0 spiro atoms. The SMILES string of the molecule is COC(=O)C(C(=O)C1(C)CCCO1)C(C)C. The molecule has 0 aromatic heterocycles. The first kappa shape index (κ1) is 13.2. The molecule has 1 fully saturated rings. The second-order valence-corrected chi connectivity index (χ2v) is 4.79. The maximum Gasteiger partial charge on any atom is 0.316 e. The molecule has 4 nitrogen and oxygen atoms in total. The molecule has 0 radical (unpaired) electrons. The number of hydrogen-bond donors (Lipinski definition) is 0. The maximum atomic E-state index is 12.3. The second-order valence-electron chi connectivity index (χ2n) is 4.79. The van der Waals surface area contributed by atoms with Gasteiger partial charge >= 0.3 is 5.97 Å². The number of esters is 1. The van der Waals surface area contributed by atoms with Crippen molar-refractivity contribution in [3.05, 3.63) is 0 Å². The molecule has 2 unspecified atom stereocenters. The Morgan fingerprint density at radius 1 is 1.38 bits per heavy atom. The van der Waals surface area contributed by atoms with Gasteiger partial charge in [-0.2, -0.15) is 0 Å². The monoisotopic (exact) mass is 228 g/mol. The zero-order valence-corrected chi connectivity index (χ0v) is 10.4. The summed E-state index contributed by atoms with van der Waals surface area (Å²) >= 11 is 0. The molecule has 0 aromatic carbocycles. The Morgan fingerprint density at radius 3 is 2.38 bits per heavy atom. The van der Waals surface area contributed by atoms with Gasteiger partial charge in [0.15, 0.2) is 5.78 Å². The van der Waals surface area contributed by atoms with E-state index in [-0.39, 0.29) is 11.7 Å². The van der Waals surface area contributed by atoms with E-state index in [4.69, 9.17) is 4.74 Å². The topological polar surface area (TPSA) is 52.6 Å². The highest BCUT2D eigenvalue weighted by atomic mass is 16.5. The van der Waals surface area contributed by atoms with Gasteiger partial charge in [0.1, 0.15) is 11.5 Å². The lowest BCUT2D eigenvalue weighted by Crippen LogP contribution is -2.44. The third kappa shape index (κ3) is 2.43. The van der Waals surface area contributed by atoms with Gasteiger partial charge < -0.3 is 9.47 Å². The van der Waals surface area contributed by atoms with Gasteiger partial charge in [-0.3, -0.25) is 9.59 Å². The number of ketones is 1. The predicted molar refractivity (Wildman–Crippen MR) is 58.9 cm³/mol. The molecule has 0 N–H and O–H groups in total. The van der Waals surface area contributed by atoms with Crippen LogP contribution in [0.3, 0.4) is 0 Å². The first-order valence-electron chi connectivity index (χ1n) is 5.68. The van der Waals surface area contributed by atoms with Crippen LogP contribution >= 0.6 is 0 Å². The number of hydrogen-bond acceptors (Lipinski definition) is 4. The molecule has 0 aromatic rings. The highest BCUT2D eigenvalue weighted by molar-refractivity contribution is 6.03. The van der Waals surface area contributed by atoms with Gasteiger partial charge in [-0.15, -0.1) is 0 Å². The Labute approximate surface area is 96.3 Å². The standard InChI is InChI=1S/C12H20O4/c1-8(2)9(11(14)15-4)10(13)12(3)6-5-7-16-12/h8-9H,5-7H2,1-4H3. The molecule has 4 heteroatoms. The van der Waals surface area contributed by atoms with Crippen molar-refractivity contribution in [2.75, 3.05) is 13.7 Å². The van der Waals surface area contributed by atoms with Gasteiger partial charge in [-0.25, -0.2) is 0 Å². The fourth-order valence-corrected chi connectivity index (χ4v) is 2.11. The van der Waals surface area contributed by atoms with E-state index in [2.05, 4.69) is 4.74 Å². The van der Waals surface area contributed by atoms with Crippen LogP contribution in [0.5, 0.6) is 0 Å². The fraction of sp³-hybridized carbons (Fsp3) is 0.833. The summed E-state index contributed by atoms with van der Waals surface area (Å²) < 4.78 is 10.2. The van der Waals surface area contributed by atoms with Crippen LogP contribution in [0.25, 0.3) is 0 Å². The van der Waals surface area contributed by atoms with Crippen molar-refractivity contribution in [2.24, 2.45) is 11.8 Å². The van der Waals surface area contributed by atoms with Crippen LogP contribution in [0.2, 0.25) is 0 Å². The van der Waals surface area contributed by atoms with E-state index in [0.29, 0.717) is 13.0 Å². The maximum absolute atomic E-state index is 12.3. The molecular formula is C12H20O4. The molecule has 16 heavy (non-hydrogen) atoms. The van der Waals surface area contributed by atoms with Crippen LogP contribution < -0.4 is 0 Å². The van der Waals surface area contributed by atoms with Crippen LogP contribution in [0, 0.1) is 11.8 Å². The van der Waals surface area contributed by atoms with E-state index in [9.17, 15) is 9.59 Å². The minimum absolute atomic E-state index is 0.0685. The average Bonchev–Trinajstić information content (AvgIpc) is 2.65. The van der Waals surface area contributed by atoms with Crippen molar-refractivity contribution in [1.82, 2.24) is 0 Å². The Hall–Kier alpha value is -0.900. The number of methoxy groups -OCH3 is 1. The van der Waals surface area contributed by atoms with E-state index < -0.39 is 17.5 Å². The largest absolute Gasteiger partial charge is 0.468 e. The van der Waals surface area contributed by atoms with E-state index in [1.165, 1.54) is 7.11 Å². The summed E-state index contributed by atoms with van der Waals surface area (Å²) in [5, 5.41) is 0. The Balaban J connectivity index is 2.86. The summed E-state index contributed by atoms with van der Waals surface area (Å²) in [7, 11) is 1.31. The van der Waals surface area contributed by atoms with Crippen LogP contribution in [0.1, 0.15) is 33.6 Å². The van der Waals surface area contributed by atoms with Crippen molar-refractivity contribution < 1.29 is 19.1 Å². The number of ether oxygens (including phenoxy) is 2. The fourth-order valence-electron chi connectivity index (χ4n) is 2.11. The zero-order valence-electron chi connectivity index (χ0n) is 10.4. The summed E-state index contributed by atoms with van der Waals surface area (Å²) in [6.07, 6.45) is 1.56. The van der Waals surface area contributed by atoms with Crippen LogP contribution in [-0.4, -0.2) is 31.1 Å². The van der Waals surface area contributed by atoms with Crippen molar-refractivity contribution in [2.45, 2.75) is 39.2 Å². The summed E-state index contributed by atoms with van der Waals surface area (Å²) in [6.45, 7) is 6.05. The third-order valence-corrected chi connectivity index (χ3v) is 3.14. The quantitative estimate of drug-likeness (QED) is 0.541. The van der Waals surface area contributed by atoms with Crippen molar-refractivity contribution >= 4 is 11.8 Å². The average molecular weight is 228 g/mol. The molecule has 1 aliphatic heterocycles. The number of rotatable bonds is 4. The van der Waals surface area contributed by atoms with E-state index in [1.807, 2.05) is 13.8 Å². The van der Waals surface area contributed by atoms with Crippen LogP contribution in [0.15, 0.2) is 0 Å². The van der Waals surface area contributed by atoms with Crippen LogP contribution in [0.4, 0.5) is 0 Å². The van der Waals surface area contributed by atoms with Crippen molar-refractivity contribution in [3.63, 3.8) is 0 Å². The lowest BCUT2D eigenvalue weighted by Gasteiger charge is -2.27. The molecule has 2 atom stereocenters. The molecule has 1 heterocycles. The Kier molecular flexibility index (Phi) is 4.08. The van der Waals surface area contributed by atoms with Gasteiger partial charge in [-0.1, -0.05) is 13.8 Å². The van der Waals surface area contributed by atoms with Gasteiger partial charge in [0, 0.05) is 6.61 Å². The molecule has 0 aliphatic carbocycles. The van der Waals surface area contributed by atoms with Gasteiger partial charge in [0.05, 0.1) is 7.11 Å². The Morgan fingerprint density at radius 2 is 2.00 bits per heavy atom. The first-order chi connectivity index (χ1) is 7.42. The number of carbonyl (C=O) groups is 2. The summed E-state index contributed by atoms with van der Waals surface area (Å²) in [5.41, 5.74) is -0.802. The molecule has 0 bridgehead atoms. The summed E-state index contributed by atoms with van der Waals surface area (Å²) in [4.78, 5) is 23.9. The van der Waals surface area contributed by atoms with E-state index in [1.54, 1.807) is 6.92 Å². The van der Waals surface area contributed by atoms with Crippen LogP contribution in [-0.2, 0) is 19.1 Å². The number of carbonyl (C=O) groups excluding carboxylic acids is 2. The highest BCUT2D eigenvalue weighted by Crippen LogP contribution is 2.31. The van der Waals surface area contributed by atoms with E-state index >= 15 is 0 Å². The summed E-state index contributed by atoms with van der Waals surface area (Å²) in [5.74, 6) is -1.39.